The Morgan fingerprint density at radius 3 is 2.67 bits per heavy atom. The summed E-state index contributed by atoms with van der Waals surface area (Å²) < 4.78 is 12.9. The van der Waals surface area contributed by atoms with Crippen molar-refractivity contribution < 1.29 is 4.39 Å². The van der Waals surface area contributed by atoms with Crippen LogP contribution in [-0.2, 0) is 6.42 Å². The zero-order chi connectivity index (χ0) is 9.14. The van der Waals surface area contributed by atoms with Crippen molar-refractivity contribution in [2.24, 2.45) is 0 Å². The summed E-state index contributed by atoms with van der Waals surface area (Å²) in [5.74, 6) is -0.364. The topological polar surface area (TPSA) is 38.0 Å². The third-order valence-electron chi connectivity index (χ3n) is 1.87. The average molecular weight is 168 g/mol. The first-order valence-electron chi connectivity index (χ1n) is 3.94. The first kappa shape index (κ1) is 8.84. The van der Waals surface area contributed by atoms with Gasteiger partial charge in [-0.15, -0.1) is 0 Å². The zero-order valence-electron chi connectivity index (χ0n) is 7.32. The van der Waals surface area contributed by atoms with E-state index in [2.05, 4.69) is 5.32 Å². The summed E-state index contributed by atoms with van der Waals surface area (Å²) in [4.78, 5) is 0. The third-order valence-corrected chi connectivity index (χ3v) is 1.87. The summed E-state index contributed by atoms with van der Waals surface area (Å²) in [6.07, 6.45) is 0.848. The van der Waals surface area contributed by atoms with Gasteiger partial charge in [-0.3, -0.25) is 0 Å². The normalized spacial score (nSPS) is 9.92. The van der Waals surface area contributed by atoms with Gasteiger partial charge in [0, 0.05) is 12.7 Å². The Bertz CT molecular complexity index is 255. The van der Waals surface area contributed by atoms with Gasteiger partial charge in [0.2, 0.25) is 0 Å². The van der Waals surface area contributed by atoms with E-state index in [1.165, 1.54) is 6.07 Å². The second kappa shape index (κ2) is 3.43. The van der Waals surface area contributed by atoms with E-state index in [0.717, 1.165) is 17.7 Å². The minimum atomic E-state index is -0.364. The maximum atomic E-state index is 12.9. The van der Waals surface area contributed by atoms with Gasteiger partial charge in [0.05, 0.1) is 5.69 Å². The number of anilines is 2. The Labute approximate surface area is 71.6 Å². The number of nitrogens with one attached hydrogen (secondary N) is 1. The molecule has 0 amide bonds. The first-order valence-corrected chi connectivity index (χ1v) is 3.94. The Morgan fingerprint density at radius 2 is 2.17 bits per heavy atom. The van der Waals surface area contributed by atoms with Gasteiger partial charge in [-0.1, -0.05) is 6.92 Å². The summed E-state index contributed by atoms with van der Waals surface area (Å²) in [5, 5.41) is 2.92. The van der Waals surface area contributed by atoms with Gasteiger partial charge < -0.3 is 11.1 Å². The maximum absolute atomic E-state index is 12.9. The molecule has 0 atom stereocenters. The molecule has 3 N–H and O–H groups in total. The molecular formula is C9H13FN2. The number of nitrogens with two attached hydrogens (primary N) is 1. The quantitative estimate of drug-likeness (QED) is 0.663. The lowest BCUT2D eigenvalue weighted by atomic mass is 10.1. The van der Waals surface area contributed by atoms with Gasteiger partial charge in [-0.05, 0) is 24.1 Å². The number of hydrogen-bond donors (Lipinski definition) is 2. The summed E-state index contributed by atoms with van der Waals surface area (Å²) in [5.41, 5.74) is 7.48. The van der Waals surface area contributed by atoms with Crippen molar-refractivity contribution in [3.05, 3.63) is 23.5 Å². The molecule has 0 aliphatic rings. The fourth-order valence-corrected chi connectivity index (χ4v) is 1.16. The van der Waals surface area contributed by atoms with Crippen LogP contribution >= 0.6 is 0 Å². The second-order valence-corrected chi connectivity index (χ2v) is 2.63. The lowest BCUT2D eigenvalue weighted by Crippen LogP contribution is -1.99. The summed E-state index contributed by atoms with van der Waals surface area (Å²) in [7, 11) is 1.77. The van der Waals surface area contributed by atoms with Crippen LogP contribution in [0.4, 0.5) is 15.8 Å². The third kappa shape index (κ3) is 1.49. The minimum Gasteiger partial charge on any atom is -0.396 e. The van der Waals surface area contributed by atoms with E-state index in [9.17, 15) is 4.39 Å². The molecule has 1 aromatic rings. The number of rotatable bonds is 2. The van der Waals surface area contributed by atoms with Crippen LogP contribution in [0, 0.1) is 5.82 Å². The van der Waals surface area contributed by atoms with Crippen LogP contribution in [0.15, 0.2) is 12.1 Å². The number of nitrogen functional groups attached to an aromatic ring is 1. The summed E-state index contributed by atoms with van der Waals surface area (Å²) in [6.45, 7) is 2.01. The largest absolute Gasteiger partial charge is 0.396 e. The Balaban J connectivity index is 3.19. The number of benzene rings is 1. The fourth-order valence-electron chi connectivity index (χ4n) is 1.16. The maximum Gasteiger partial charge on any atom is 0.148 e. The summed E-state index contributed by atoms with van der Waals surface area (Å²) in [6, 6.07) is 3.09. The van der Waals surface area contributed by atoms with Gasteiger partial charge in [-0.2, -0.15) is 0 Å². The van der Waals surface area contributed by atoms with E-state index in [1.807, 2.05) is 6.92 Å². The van der Waals surface area contributed by atoms with Crippen LogP contribution in [0.2, 0.25) is 0 Å². The van der Waals surface area contributed by atoms with E-state index in [0.29, 0.717) is 0 Å². The monoisotopic (exact) mass is 168 g/mol. The lowest BCUT2D eigenvalue weighted by Gasteiger charge is -2.08. The Hall–Kier alpha value is -1.25. The molecule has 0 radical (unpaired) electrons. The first-order chi connectivity index (χ1) is 5.69. The highest BCUT2D eigenvalue weighted by Crippen LogP contribution is 2.22. The highest BCUT2D eigenvalue weighted by atomic mass is 19.1. The Morgan fingerprint density at radius 1 is 1.50 bits per heavy atom. The molecule has 0 fully saturated rings. The van der Waals surface area contributed by atoms with Crippen LogP contribution in [0.1, 0.15) is 12.5 Å². The van der Waals surface area contributed by atoms with Crippen LogP contribution in [0.25, 0.3) is 0 Å². The van der Waals surface area contributed by atoms with Gasteiger partial charge in [0.1, 0.15) is 5.82 Å². The average Bonchev–Trinajstić information content (AvgIpc) is 2.09. The van der Waals surface area contributed by atoms with E-state index in [4.69, 9.17) is 5.73 Å². The molecule has 0 unspecified atom stereocenters. The van der Waals surface area contributed by atoms with Gasteiger partial charge in [0.15, 0.2) is 0 Å². The van der Waals surface area contributed by atoms with Crippen molar-refractivity contribution in [1.82, 2.24) is 0 Å². The highest BCUT2D eigenvalue weighted by molar-refractivity contribution is 5.58. The van der Waals surface area contributed by atoms with Crippen molar-refractivity contribution in [3.63, 3.8) is 0 Å². The van der Waals surface area contributed by atoms with Crippen LogP contribution in [0.5, 0.6) is 0 Å². The van der Waals surface area contributed by atoms with E-state index >= 15 is 0 Å². The van der Waals surface area contributed by atoms with Gasteiger partial charge in [-0.25, -0.2) is 4.39 Å². The standard InChI is InChI=1S/C9H13FN2/c1-3-6-4-8(11)7(10)5-9(6)12-2/h4-5,12H,3,11H2,1-2H3. The second-order valence-electron chi connectivity index (χ2n) is 2.63. The molecule has 66 valence electrons. The Kier molecular flexibility index (Phi) is 2.53. The summed E-state index contributed by atoms with van der Waals surface area (Å²) >= 11 is 0. The highest BCUT2D eigenvalue weighted by Gasteiger charge is 2.04. The van der Waals surface area contributed by atoms with Crippen LogP contribution in [-0.4, -0.2) is 7.05 Å². The van der Waals surface area contributed by atoms with E-state index in [-0.39, 0.29) is 11.5 Å². The molecule has 0 bridgehead atoms. The molecule has 0 heterocycles. The molecule has 0 aromatic heterocycles. The van der Waals surface area contributed by atoms with E-state index in [1.54, 1.807) is 13.1 Å². The van der Waals surface area contributed by atoms with Crippen LogP contribution < -0.4 is 11.1 Å². The molecule has 0 saturated heterocycles. The molecule has 0 aliphatic heterocycles. The molecule has 1 aromatic carbocycles. The van der Waals surface area contributed by atoms with Crippen LogP contribution in [0.3, 0.4) is 0 Å². The zero-order valence-corrected chi connectivity index (χ0v) is 7.32. The fraction of sp³-hybridized carbons (Fsp3) is 0.333. The van der Waals surface area contributed by atoms with Crippen molar-refractivity contribution >= 4 is 11.4 Å². The van der Waals surface area contributed by atoms with Gasteiger partial charge >= 0.3 is 0 Å². The van der Waals surface area contributed by atoms with Crippen molar-refractivity contribution in [2.75, 3.05) is 18.1 Å². The molecule has 0 aliphatic carbocycles. The minimum absolute atomic E-state index is 0.214. The number of hydrogen-bond acceptors (Lipinski definition) is 2. The van der Waals surface area contributed by atoms with Crippen molar-refractivity contribution in [2.45, 2.75) is 13.3 Å². The lowest BCUT2D eigenvalue weighted by molar-refractivity contribution is 0.632. The van der Waals surface area contributed by atoms with Gasteiger partial charge in [0.25, 0.3) is 0 Å². The molecule has 1 rings (SSSR count). The molecule has 3 heteroatoms. The molecule has 0 spiro atoms. The molecule has 0 saturated carbocycles. The number of aryl methyl sites for hydroxylation is 1. The number of halogens is 1. The van der Waals surface area contributed by atoms with Crippen molar-refractivity contribution in [3.8, 4) is 0 Å². The smallest absolute Gasteiger partial charge is 0.148 e. The predicted octanol–water partition coefficient (Wildman–Crippen LogP) is 2.01. The molecular weight excluding hydrogens is 155 g/mol. The SMILES string of the molecule is CCc1cc(N)c(F)cc1NC. The predicted molar refractivity (Wildman–Crippen MR) is 49.7 cm³/mol. The van der Waals surface area contributed by atoms with Crippen molar-refractivity contribution in [1.29, 1.82) is 0 Å². The molecule has 12 heavy (non-hydrogen) atoms. The van der Waals surface area contributed by atoms with E-state index < -0.39 is 0 Å². The molecule has 2 nitrogen and oxygen atoms in total.